The summed E-state index contributed by atoms with van der Waals surface area (Å²) in [5.41, 5.74) is 4.11. The molecule has 1 aliphatic heterocycles. The van der Waals surface area contributed by atoms with Gasteiger partial charge in [0.15, 0.2) is 0 Å². The van der Waals surface area contributed by atoms with E-state index in [1.165, 1.54) is 11.1 Å². The van der Waals surface area contributed by atoms with Gasteiger partial charge in [-0.1, -0.05) is 72.3 Å². The Labute approximate surface area is 187 Å². The van der Waals surface area contributed by atoms with E-state index in [1.807, 2.05) is 29.2 Å². The molecule has 1 amide bonds. The van der Waals surface area contributed by atoms with Crippen molar-refractivity contribution in [1.29, 1.82) is 0 Å². The molecular weight excluding hydrogens is 406 g/mol. The predicted octanol–water partition coefficient (Wildman–Crippen LogP) is 5.37. The van der Waals surface area contributed by atoms with Crippen molar-refractivity contribution in [2.24, 2.45) is 0 Å². The van der Waals surface area contributed by atoms with Crippen LogP contribution >= 0.6 is 11.6 Å². The molecule has 5 heteroatoms. The molecule has 0 atom stereocenters. The normalized spacial score (nSPS) is 15.0. The molecule has 3 aromatic carbocycles. The summed E-state index contributed by atoms with van der Waals surface area (Å²) in [6.07, 6.45) is 0. The number of amides is 1. The first-order valence-electron chi connectivity index (χ1n) is 10.6. The van der Waals surface area contributed by atoms with Gasteiger partial charge in [0, 0.05) is 42.1 Å². The summed E-state index contributed by atoms with van der Waals surface area (Å²) in [5, 5.41) is 1.63. The van der Waals surface area contributed by atoms with E-state index in [4.69, 9.17) is 11.6 Å². The van der Waals surface area contributed by atoms with E-state index in [1.54, 1.807) is 0 Å². The van der Waals surface area contributed by atoms with Crippen molar-refractivity contribution < 1.29 is 4.79 Å². The van der Waals surface area contributed by atoms with Crippen LogP contribution in [0.3, 0.4) is 0 Å². The topological polar surface area (TPSA) is 39.3 Å². The van der Waals surface area contributed by atoms with E-state index < -0.39 is 0 Å². The number of carbonyl (C=O) groups is 1. The van der Waals surface area contributed by atoms with Crippen LogP contribution in [0.2, 0.25) is 5.02 Å². The first kappa shape index (κ1) is 19.9. The van der Waals surface area contributed by atoms with Crippen LogP contribution in [0, 0.1) is 0 Å². The summed E-state index contributed by atoms with van der Waals surface area (Å²) in [5.74, 6) is 0.0444. The Hall–Kier alpha value is -3.08. The number of nitrogens with one attached hydrogen (secondary N) is 1. The van der Waals surface area contributed by atoms with E-state index in [9.17, 15) is 4.79 Å². The molecule has 0 aliphatic carbocycles. The number of piperazine rings is 1. The largest absolute Gasteiger partial charge is 0.351 e. The second-order valence-corrected chi connectivity index (χ2v) is 8.40. The van der Waals surface area contributed by atoms with Crippen molar-refractivity contribution in [3.05, 3.63) is 107 Å². The number of hydrogen-bond donors (Lipinski definition) is 1. The van der Waals surface area contributed by atoms with Crippen LogP contribution in [0.5, 0.6) is 0 Å². The summed E-state index contributed by atoms with van der Waals surface area (Å²) < 4.78 is 0. The minimum Gasteiger partial charge on any atom is -0.351 e. The Balaban J connectivity index is 1.34. The molecule has 1 aliphatic rings. The second-order valence-electron chi connectivity index (χ2n) is 7.97. The summed E-state index contributed by atoms with van der Waals surface area (Å²) in [4.78, 5) is 20.8. The fraction of sp³-hybridized carbons (Fsp3) is 0.192. The zero-order valence-corrected chi connectivity index (χ0v) is 17.9. The van der Waals surface area contributed by atoms with Crippen LogP contribution in [-0.2, 0) is 0 Å². The van der Waals surface area contributed by atoms with Gasteiger partial charge in [-0.25, -0.2) is 0 Å². The number of halogens is 1. The highest BCUT2D eigenvalue weighted by Crippen LogP contribution is 2.30. The Bertz CT molecular complexity index is 1140. The quantitative estimate of drug-likeness (QED) is 0.473. The number of aromatic nitrogens is 1. The maximum absolute atomic E-state index is 13.1. The second kappa shape index (κ2) is 8.58. The molecule has 1 fully saturated rings. The highest BCUT2D eigenvalue weighted by atomic mass is 35.5. The smallest absolute Gasteiger partial charge is 0.270 e. The number of rotatable bonds is 4. The first-order chi connectivity index (χ1) is 15.2. The average Bonchev–Trinajstić information content (AvgIpc) is 3.24. The lowest BCUT2D eigenvalue weighted by atomic mass is 9.96. The van der Waals surface area contributed by atoms with Crippen LogP contribution in [0.25, 0.3) is 10.9 Å². The van der Waals surface area contributed by atoms with Crippen LogP contribution in [0.1, 0.15) is 27.7 Å². The molecule has 0 bridgehead atoms. The van der Waals surface area contributed by atoms with Crippen LogP contribution in [0.4, 0.5) is 0 Å². The van der Waals surface area contributed by atoms with Gasteiger partial charge in [0.25, 0.3) is 5.91 Å². The summed E-state index contributed by atoms with van der Waals surface area (Å²) >= 11 is 6.09. The van der Waals surface area contributed by atoms with E-state index in [0.717, 1.165) is 24.0 Å². The molecule has 31 heavy (non-hydrogen) atoms. The lowest BCUT2D eigenvalue weighted by molar-refractivity contribution is 0.0592. The third-order valence-corrected chi connectivity index (χ3v) is 6.25. The molecule has 1 aromatic heterocycles. The summed E-state index contributed by atoms with van der Waals surface area (Å²) in [6, 6.07) is 28.9. The van der Waals surface area contributed by atoms with Crippen LogP contribution < -0.4 is 0 Å². The molecule has 1 N–H and O–H groups in total. The Kier molecular flexibility index (Phi) is 5.49. The predicted molar refractivity (Wildman–Crippen MR) is 126 cm³/mol. The van der Waals surface area contributed by atoms with Gasteiger partial charge in [-0.3, -0.25) is 9.69 Å². The van der Waals surface area contributed by atoms with Crippen LogP contribution in [-0.4, -0.2) is 46.9 Å². The van der Waals surface area contributed by atoms with Crippen molar-refractivity contribution in [2.45, 2.75) is 6.04 Å². The van der Waals surface area contributed by atoms with Gasteiger partial charge in [-0.15, -0.1) is 0 Å². The fourth-order valence-electron chi connectivity index (χ4n) is 4.46. The van der Waals surface area contributed by atoms with Crippen molar-refractivity contribution in [2.75, 3.05) is 26.2 Å². The third-order valence-electron chi connectivity index (χ3n) is 6.01. The minimum absolute atomic E-state index is 0.0444. The molecule has 2 heterocycles. The lowest BCUT2D eigenvalue weighted by Crippen LogP contribution is -2.50. The van der Waals surface area contributed by atoms with E-state index in [0.29, 0.717) is 23.8 Å². The highest BCUT2D eigenvalue weighted by Gasteiger charge is 2.29. The van der Waals surface area contributed by atoms with Crippen molar-refractivity contribution in [1.82, 2.24) is 14.8 Å². The van der Waals surface area contributed by atoms with E-state index in [2.05, 4.69) is 70.5 Å². The fourth-order valence-corrected chi connectivity index (χ4v) is 4.64. The van der Waals surface area contributed by atoms with E-state index in [-0.39, 0.29) is 11.9 Å². The third kappa shape index (κ3) is 4.09. The lowest BCUT2D eigenvalue weighted by Gasteiger charge is -2.39. The maximum atomic E-state index is 13.1. The molecular formula is C26H24ClN3O. The van der Waals surface area contributed by atoms with Crippen molar-refractivity contribution in [3.8, 4) is 0 Å². The number of aromatic amines is 1. The zero-order valence-electron chi connectivity index (χ0n) is 17.2. The molecule has 0 spiro atoms. The average molecular weight is 430 g/mol. The Morgan fingerprint density at radius 3 is 2.03 bits per heavy atom. The number of nitrogens with zero attached hydrogens (tertiary/aromatic N) is 2. The SMILES string of the molecule is O=C(c1cc2cc(Cl)ccc2[nH]1)N1CCN(C(c2ccccc2)c2ccccc2)CC1. The molecule has 0 radical (unpaired) electrons. The standard InChI is InChI=1S/C26H24ClN3O/c27-22-11-12-23-21(17-22)18-24(28-23)26(31)30-15-13-29(14-16-30)25(19-7-3-1-4-8-19)20-9-5-2-6-10-20/h1-12,17-18,25,28H,13-16H2. The Morgan fingerprint density at radius 1 is 0.806 bits per heavy atom. The van der Waals surface area contributed by atoms with Gasteiger partial charge < -0.3 is 9.88 Å². The van der Waals surface area contributed by atoms with Crippen molar-refractivity contribution in [3.63, 3.8) is 0 Å². The molecule has 4 nitrogen and oxygen atoms in total. The minimum atomic E-state index is 0.0444. The van der Waals surface area contributed by atoms with Gasteiger partial charge in [0.2, 0.25) is 0 Å². The molecule has 156 valence electrons. The van der Waals surface area contributed by atoms with Crippen LogP contribution in [0.15, 0.2) is 84.9 Å². The first-order valence-corrected chi connectivity index (χ1v) is 11.0. The van der Waals surface area contributed by atoms with Gasteiger partial charge in [0.1, 0.15) is 5.69 Å². The number of fused-ring (bicyclic) bond motifs is 1. The number of hydrogen-bond acceptors (Lipinski definition) is 2. The number of benzene rings is 3. The van der Waals surface area contributed by atoms with Gasteiger partial charge in [-0.2, -0.15) is 0 Å². The Morgan fingerprint density at radius 2 is 1.42 bits per heavy atom. The molecule has 0 unspecified atom stereocenters. The van der Waals surface area contributed by atoms with E-state index >= 15 is 0 Å². The summed E-state index contributed by atoms with van der Waals surface area (Å²) in [6.45, 7) is 3.05. The molecule has 4 aromatic rings. The maximum Gasteiger partial charge on any atom is 0.270 e. The highest BCUT2D eigenvalue weighted by molar-refractivity contribution is 6.31. The molecule has 1 saturated heterocycles. The monoisotopic (exact) mass is 429 g/mol. The number of carbonyl (C=O) groups excluding carboxylic acids is 1. The molecule has 5 rings (SSSR count). The summed E-state index contributed by atoms with van der Waals surface area (Å²) in [7, 11) is 0. The molecule has 0 saturated carbocycles. The van der Waals surface area contributed by atoms with Gasteiger partial charge >= 0.3 is 0 Å². The van der Waals surface area contributed by atoms with Gasteiger partial charge in [0.05, 0.1) is 6.04 Å². The van der Waals surface area contributed by atoms with Gasteiger partial charge in [-0.05, 0) is 35.4 Å². The van der Waals surface area contributed by atoms with Crippen molar-refractivity contribution >= 4 is 28.4 Å². The zero-order chi connectivity index (χ0) is 21.2. The number of H-pyrrole nitrogens is 1.